The third-order valence-electron chi connectivity index (χ3n) is 2.99. The van der Waals surface area contributed by atoms with Gasteiger partial charge < -0.3 is 15.0 Å². The molecule has 0 aromatic heterocycles. The highest BCUT2D eigenvalue weighted by molar-refractivity contribution is 5.72. The van der Waals surface area contributed by atoms with E-state index in [2.05, 4.69) is 18.3 Å². The Bertz CT molecular complexity index is 407. The van der Waals surface area contributed by atoms with Crippen molar-refractivity contribution in [1.29, 1.82) is 0 Å². The summed E-state index contributed by atoms with van der Waals surface area (Å²) >= 11 is 0. The monoisotopic (exact) mass is 264 g/mol. The maximum atomic E-state index is 11.2. The lowest BCUT2D eigenvalue weighted by Crippen LogP contribution is -2.23. The minimum absolute atomic E-state index is 0.0760. The van der Waals surface area contributed by atoms with Crippen molar-refractivity contribution in [2.75, 3.05) is 32.6 Å². The fourth-order valence-electron chi connectivity index (χ4n) is 1.80. The van der Waals surface area contributed by atoms with Crippen LogP contribution in [0.4, 0.5) is 5.69 Å². The predicted molar refractivity (Wildman–Crippen MR) is 78.1 cm³/mol. The number of carbonyl (C=O) groups excluding carboxylic acids is 1. The first kappa shape index (κ1) is 15.5. The lowest BCUT2D eigenvalue weighted by molar-refractivity contribution is -0.128. The van der Waals surface area contributed by atoms with Gasteiger partial charge in [0, 0.05) is 39.9 Å². The van der Waals surface area contributed by atoms with E-state index in [9.17, 15) is 4.79 Å². The third kappa shape index (κ3) is 5.75. The third-order valence-corrected chi connectivity index (χ3v) is 2.99. The summed E-state index contributed by atoms with van der Waals surface area (Å²) in [5, 5.41) is 3.39. The number of benzene rings is 1. The average molecular weight is 264 g/mol. The topological polar surface area (TPSA) is 41.6 Å². The number of rotatable bonds is 7. The van der Waals surface area contributed by atoms with Gasteiger partial charge in [0.05, 0.1) is 6.61 Å². The minimum Gasteiger partial charge on any atom is -0.385 e. The quantitative estimate of drug-likeness (QED) is 0.822. The van der Waals surface area contributed by atoms with Crippen LogP contribution in [0.3, 0.4) is 0 Å². The fraction of sp³-hybridized carbons (Fsp3) is 0.533. The van der Waals surface area contributed by atoms with Crippen molar-refractivity contribution in [1.82, 2.24) is 4.90 Å². The Balaban J connectivity index is 2.54. The average Bonchev–Trinajstić information content (AvgIpc) is 2.37. The minimum atomic E-state index is 0.0760. The van der Waals surface area contributed by atoms with Crippen LogP contribution < -0.4 is 5.32 Å². The van der Waals surface area contributed by atoms with E-state index in [0.29, 0.717) is 12.5 Å². The molecule has 0 fully saturated rings. The lowest BCUT2D eigenvalue weighted by Gasteiger charge is -2.16. The largest absolute Gasteiger partial charge is 0.385 e. The van der Waals surface area contributed by atoms with Crippen LogP contribution in [0.15, 0.2) is 24.3 Å². The first-order chi connectivity index (χ1) is 9.02. The molecule has 1 atom stereocenters. The second kappa shape index (κ2) is 7.79. The van der Waals surface area contributed by atoms with Gasteiger partial charge in [0.25, 0.3) is 0 Å². The molecule has 0 radical (unpaired) electrons. The molecule has 1 N–H and O–H groups in total. The maximum Gasteiger partial charge on any atom is 0.219 e. The fourth-order valence-corrected chi connectivity index (χ4v) is 1.80. The smallest absolute Gasteiger partial charge is 0.219 e. The van der Waals surface area contributed by atoms with Crippen LogP contribution in [0.1, 0.15) is 19.4 Å². The van der Waals surface area contributed by atoms with Crippen molar-refractivity contribution in [3.63, 3.8) is 0 Å². The van der Waals surface area contributed by atoms with Crippen molar-refractivity contribution in [3.05, 3.63) is 29.8 Å². The van der Waals surface area contributed by atoms with Crippen molar-refractivity contribution >= 4 is 11.6 Å². The Morgan fingerprint density at radius 3 is 2.84 bits per heavy atom. The molecule has 1 aromatic rings. The highest BCUT2D eigenvalue weighted by Crippen LogP contribution is 2.13. The molecule has 0 aliphatic heterocycles. The molecule has 4 nitrogen and oxygen atoms in total. The van der Waals surface area contributed by atoms with Gasteiger partial charge in [-0.25, -0.2) is 0 Å². The van der Waals surface area contributed by atoms with Gasteiger partial charge in [0.2, 0.25) is 5.91 Å². The summed E-state index contributed by atoms with van der Waals surface area (Å²) < 4.78 is 5.11. The molecular weight excluding hydrogens is 240 g/mol. The number of ether oxygens (including phenoxy) is 1. The summed E-state index contributed by atoms with van der Waals surface area (Å²) in [5.74, 6) is 0.542. The molecule has 1 rings (SSSR count). The van der Waals surface area contributed by atoms with E-state index in [1.807, 2.05) is 25.2 Å². The zero-order valence-electron chi connectivity index (χ0n) is 12.3. The molecule has 1 amide bonds. The zero-order valence-corrected chi connectivity index (χ0v) is 12.3. The highest BCUT2D eigenvalue weighted by Gasteiger charge is 2.05. The van der Waals surface area contributed by atoms with Gasteiger partial charge in [0.1, 0.15) is 0 Å². The second-order valence-electron chi connectivity index (χ2n) is 5.02. The molecule has 0 saturated carbocycles. The van der Waals surface area contributed by atoms with Gasteiger partial charge in [0.15, 0.2) is 0 Å². The first-order valence-electron chi connectivity index (χ1n) is 6.56. The Kier molecular flexibility index (Phi) is 6.36. The molecule has 0 bridgehead atoms. The molecule has 0 heterocycles. The van der Waals surface area contributed by atoms with E-state index in [0.717, 1.165) is 24.4 Å². The van der Waals surface area contributed by atoms with Gasteiger partial charge >= 0.3 is 0 Å². The van der Waals surface area contributed by atoms with Crippen LogP contribution in [0.5, 0.6) is 0 Å². The van der Waals surface area contributed by atoms with Crippen LogP contribution in [0.2, 0.25) is 0 Å². The van der Waals surface area contributed by atoms with E-state index in [4.69, 9.17) is 4.74 Å². The summed E-state index contributed by atoms with van der Waals surface area (Å²) in [7, 11) is 3.53. The van der Waals surface area contributed by atoms with Crippen LogP contribution in [-0.2, 0) is 16.1 Å². The Labute approximate surface area is 115 Å². The molecule has 1 unspecified atom stereocenters. The van der Waals surface area contributed by atoms with Gasteiger partial charge in [-0.1, -0.05) is 19.1 Å². The van der Waals surface area contributed by atoms with Crippen LogP contribution in [0.25, 0.3) is 0 Å². The van der Waals surface area contributed by atoms with E-state index in [1.165, 1.54) is 0 Å². The molecule has 0 spiro atoms. The standard InChI is InChI=1S/C15H24N2O2/c1-12(11-19-4)9-16-15-7-5-6-14(8-15)10-17(3)13(2)18/h5-8,12,16H,9-11H2,1-4H3. The Hall–Kier alpha value is -1.55. The summed E-state index contributed by atoms with van der Waals surface area (Å²) in [6, 6.07) is 8.16. The highest BCUT2D eigenvalue weighted by atomic mass is 16.5. The Morgan fingerprint density at radius 1 is 1.47 bits per heavy atom. The Morgan fingerprint density at radius 2 is 2.21 bits per heavy atom. The van der Waals surface area contributed by atoms with Gasteiger partial charge in [-0.2, -0.15) is 0 Å². The second-order valence-corrected chi connectivity index (χ2v) is 5.02. The van der Waals surface area contributed by atoms with Crippen LogP contribution in [-0.4, -0.2) is 38.1 Å². The summed E-state index contributed by atoms with van der Waals surface area (Å²) in [6.45, 7) is 5.98. The summed E-state index contributed by atoms with van der Waals surface area (Å²) in [5.41, 5.74) is 2.21. The van der Waals surface area contributed by atoms with E-state index in [-0.39, 0.29) is 5.91 Å². The number of anilines is 1. The van der Waals surface area contributed by atoms with Crippen molar-refractivity contribution in [2.24, 2.45) is 5.92 Å². The number of hydrogen-bond acceptors (Lipinski definition) is 3. The van der Waals surface area contributed by atoms with Gasteiger partial charge in [-0.05, 0) is 23.6 Å². The number of carbonyl (C=O) groups is 1. The van der Waals surface area contributed by atoms with Crippen LogP contribution in [0, 0.1) is 5.92 Å². The molecule has 0 aliphatic rings. The molecule has 19 heavy (non-hydrogen) atoms. The molecular formula is C15H24N2O2. The van der Waals surface area contributed by atoms with Gasteiger partial charge in [-0.15, -0.1) is 0 Å². The normalized spacial score (nSPS) is 12.0. The predicted octanol–water partition coefficient (Wildman–Crippen LogP) is 2.36. The lowest BCUT2D eigenvalue weighted by atomic mass is 10.1. The molecule has 0 saturated heterocycles. The number of methoxy groups -OCH3 is 1. The number of amides is 1. The molecule has 106 valence electrons. The van der Waals surface area contributed by atoms with E-state index < -0.39 is 0 Å². The SMILES string of the molecule is COCC(C)CNc1cccc(CN(C)C(C)=O)c1. The maximum absolute atomic E-state index is 11.2. The van der Waals surface area contributed by atoms with Crippen molar-refractivity contribution in [3.8, 4) is 0 Å². The number of nitrogens with one attached hydrogen (secondary N) is 1. The summed E-state index contributed by atoms with van der Waals surface area (Å²) in [4.78, 5) is 12.9. The first-order valence-corrected chi connectivity index (χ1v) is 6.56. The molecule has 0 aliphatic carbocycles. The van der Waals surface area contributed by atoms with E-state index in [1.54, 1.807) is 18.9 Å². The van der Waals surface area contributed by atoms with Crippen molar-refractivity contribution in [2.45, 2.75) is 20.4 Å². The van der Waals surface area contributed by atoms with Gasteiger partial charge in [-0.3, -0.25) is 4.79 Å². The van der Waals surface area contributed by atoms with Crippen molar-refractivity contribution < 1.29 is 9.53 Å². The number of nitrogens with zero attached hydrogens (tertiary/aromatic N) is 1. The van der Waals surface area contributed by atoms with Crippen LogP contribution >= 0.6 is 0 Å². The number of hydrogen-bond donors (Lipinski definition) is 1. The zero-order chi connectivity index (χ0) is 14.3. The summed E-state index contributed by atoms with van der Waals surface area (Å²) in [6.07, 6.45) is 0. The molecule has 4 heteroatoms. The molecule has 1 aromatic carbocycles. The van der Waals surface area contributed by atoms with E-state index >= 15 is 0 Å².